The molecule has 3 aromatic rings. The lowest BCUT2D eigenvalue weighted by atomic mass is 10.2. The molecule has 5 nitrogen and oxygen atoms in total. The predicted octanol–water partition coefficient (Wildman–Crippen LogP) is 4.37. The molecule has 2 aromatic carbocycles. The van der Waals surface area contributed by atoms with Gasteiger partial charge in [0.15, 0.2) is 0 Å². The van der Waals surface area contributed by atoms with Gasteiger partial charge in [0.05, 0.1) is 24.4 Å². The number of carbonyl (C=O) groups excluding carboxylic acids is 1. The van der Waals surface area contributed by atoms with Gasteiger partial charge in [-0.3, -0.25) is 4.79 Å². The number of nitrogens with zero attached hydrogens (tertiary/aromatic N) is 2. The van der Waals surface area contributed by atoms with E-state index in [9.17, 15) is 13.6 Å². The summed E-state index contributed by atoms with van der Waals surface area (Å²) in [5.41, 5.74) is 1.64. The molecule has 0 spiro atoms. The van der Waals surface area contributed by atoms with E-state index < -0.39 is 0 Å². The van der Waals surface area contributed by atoms with Crippen LogP contribution in [0.15, 0.2) is 48.5 Å². The van der Waals surface area contributed by atoms with Gasteiger partial charge >= 0.3 is 0 Å². The molecule has 0 aliphatic carbocycles. The summed E-state index contributed by atoms with van der Waals surface area (Å²) in [6, 6.07) is 11.8. The summed E-state index contributed by atoms with van der Waals surface area (Å²) in [5, 5.41) is 7.34. The molecule has 0 bridgehead atoms. The van der Waals surface area contributed by atoms with Crippen LogP contribution in [0.2, 0.25) is 5.15 Å². The second-order valence-corrected chi connectivity index (χ2v) is 6.81. The van der Waals surface area contributed by atoms with Crippen molar-refractivity contribution in [1.82, 2.24) is 15.1 Å². The molecule has 1 aromatic heterocycles. The highest BCUT2D eigenvalue weighted by Crippen LogP contribution is 2.21. The first kappa shape index (κ1) is 20.8. The minimum absolute atomic E-state index is 0.229. The van der Waals surface area contributed by atoms with Gasteiger partial charge in [-0.2, -0.15) is 5.10 Å². The molecule has 152 valence electrons. The molecule has 29 heavy (non-hydrogen) atoms. The first-order valence-electron chi connectivity index (χ1n) is 9.08. The van der Waals surface area contributed by atoms with Crippen LogP contribution in [0.3, 0.4) is 0 Å². The van der Waals surface area contributed by atoms with E-state index in [0.29, 0.717) is 43.1 Å². The Morgan fingerprint density at radius 2 is 1.72 bits per heavy atom. The fourth-order valence-corrected chi connectivity index (χ4v) is 3.08. The zero-order valence-corrected chi connectivity index (χ0v) is 16.5. The van der Waals surface area contributed by atoms with Crippen LogP contribution in [0.4, 0.5) is 8.78 Å². The number of ether oxygens (including phenoxy) is 1. The topological polar surface area (TPSA) is 56.2 Å². The van der Waals surface area contributed by atoms with Crippen LogP contribution in [0.5, 0.6) is 5.75 Å². The van der Waals surface area contributed by atoms with Gasteiger partial charge in [-0.05, 0) is 55.3 Å². The number of amides is 1. The van der Waals surface area contributed by atoms with Crippen molar-refractivity contribution >= 4 is 17.5 Å². The molecule has 0 radical (unpaired) electrons. The average molecular weight is 420 g/mol. The van der Waals surface area contributed by atoms with Crippen LogP contribution >= 0.6 is 11.6 Å². The van der Waals surface area contributed by atoms with Gasteiger partial charge in [0.1, 0.15) is 22.5 Å². The molecule has 0 unspecified atom stereocenters. The third-order valence-electron chi connectivity index (χ3n) is 4.23. The fourth-order valence-electron chi connectivity index (χ4n) is 2.76. The van der Waals surface area contributed by atoms with Crippen molar-refractivity contribution in [3.63, 3.8) is 0 Å². The highest BCUT2D eigenvalue weighted by Gasteiger charge is 2.20. The Hall–Kier alpha value is -2.93. The Morgan fingerprint density at radius 1 is 1.10 bits per heavy atom. The lowest BCUT2D eigenvalue weighted by Gasteiger charge is -2.08. The van der Waals surface area contributed by atoms with Crippen molar-refractivity contribution in [2.24, 2.45) is 0 Å². The predicted molar refractivity (Wildman–Crippen MR) is 106 cm³/mol. The molecule has 8 heteroatoms. The van der Waals surface area contributed by atoms with Gasteiger partial charge < -0.3 is 10.1 Å². The molecule has 1 amide bonds. The van der Waals surface area contributed by atoms with Crippen molar-refractivity contribution in [2.75, 3.05) is 13.2 Å². The molecule has 1 N–H and O–H groups in total. The quantitative estimate of drug-likeness (QED) is 0.551. The second kappa shape index (κ2) is 9.52. The number of carbonyl (C=O) groups is 1. The summed E-state index contributed by atoms with van der Waals surface area (Å²) >= 11 is 6.35. The minimum atomic E-state index is -0.322. The summed E-state index contributed by atoms with van der Waals surface area (Å²) in [4.78, 5) is 12.5. The summed E-state index contributed by atoms with van der Waals surface area (Å²) < 4.78 is 32.9. The van der Waals surface area contributed by atoms with Crippen LogP contribution in [0, 0.1) is 18.6 Å². The van der Waals surface area contributed by atoms with E-state index in [2.05, 4.69) is 10.4 Å². The van der Waals surface area contributed by atoms with Crippen molar-refractivity contribution in [2.45, 2.75) is 19.9 Å². The lowest BCUT2D eigenvalue weighted by molar-refractivity contribution is 0.0951. The molecular formula is C21H20ClF2N3O2. The number of hydrogen-bond donors (Lipinski definition) is 1. The van der Waals surface area contributed by atoms with Gasteiger partial charge in [0, 0.05) is 6.54 Å². The number of aryl methyl sites for hydroxylation is 1. The van der Waals surface area contributed by atoms with Gasteiger partial charge in [-0.15, -0.1) is 0 Å². The van der Waals surface area contributed by atoms with E-state index >= 15 is 0 Å². The Labute approximate surface area is 172 Å². The molecule has 0 aliphatic rings. The molecule has 0 fully saturated rings. The summed E-state index contributed by atoms with van der Waals surface area (Å²) in [6.07, 6.45) is 0.573. The van der Waals surface area contributed by atoms with Crippen LogP contribution in [0.1, 0.15) is 28.0 Å². The molecule has 3 rings (SSSR count). The van der Waals surface area contributed by atoms with E-state index in [0.717, 1.165) is 5.56 Å². The normalized spacial score (nSPS) is 10.8. The van der Waals surface area contributed by atoms with E-state index in [1.807, 2.05) is 0 Å². The SMILES string of the molecule is Cc1nn(Cc2ccc(F)cc2)c(Cl)c1C(=O)NCCCOc1ccc(F)cc1. The molecular weight excluding hydrogens is 400 g/mol. The number of benzene rings is 2. The maximum absolute atomic E-state index is 13.0. The smallest absolute Gasteiger partial charge is 0.256 e. The average Bonchev–Trinajstić information content (AvgIpc) is 2.98. The molecule has 0 saturated heterocycles. The fraction of sp³-hybridized carbons (Fsp3) is 0.238. The van der Waals surface area contributed by atoms with Gasteiger partial charge in [0.2, 0.25) is 0 Å². The van der Waals surface area contributed by atoms with Crippen molar-refractivity contribution in [3.8, 4) is 5.75 Å². The summed E-state index contributed by atoms with van der Waals surface area (Å²) in [5.74, 6) is -0.393. The molecule has 1 heterocycles. The first-order valence-corrected chi connectivity index (χ1v) is 9.46. The standard InChI is InChI=1S/C21H20ClF2N3O2/c1-14-19(20(22)27(26-14)13-15-3-5-16(23)6-4-15)21(28)25-11-2-12-29-18-9-7-17(24)8-10-18/h3-10H,2,11-13H2,1H3,(H,25,28). The Morgan fingerprint density at radius 3 is 2.38 bits per heavy atom. The van der Waals surface area contributed by atoms with Gasteiger partial charge in [-0.1, -0.05) is 23.7 Å². The van der Waals surface area contributed by atoms with Crippen LogP contribution < -0.4 is 10.1 Å². The van der Waals surface area contributed by atoms with Crippen molar-refractivity contribution in [1.29, 1.82) is 0 Å². The third kappa shape index (κ3) is 5.54. The molecule has 0 atom stereocenters. The Kier molecular flexibility index (Phi) is 6.82. The number of aromatic nitrogens is 2. The van der Waals surface area contributed by atoms with Crippen molar-refractivity contribution < 1.29 is 18.3 Å². The first-order chi connectivity index (χ1) is 13.9. The van der Waals surface area contributed by atoms with Crippen LogP contribution in [-0.2, 0) is 6.54 Å². The molecule has 0 aliphatic heterocycles. The van der Waals surface area contributed by atoms with Gasteiger partial charge in [0.25, 0.3) is 5.91 Å². The maximum atomic E-state index is 13.0. The lowest BCUT2D eigenvalue weighted by Crippen LogP contribution is -2.26. The maximum Gasteiger partial charge on any atom is 0.256 e. The highest BCUT2D eigenvalue weighted by molar-refractivity contribution is 6.33. The van der Waals surface area contributed by atoms with E-state index in [1.165, 1.54) is 28.9 Å². The Balaban J connectivity index is 1.51. The van der Waals surface area contributed by atoms with E-state index in [-0.39, 0.29) is 22.7 Å². The van der Waals surface area contributed by atoms with Crippen molar-refractivity contribution in [3.05, 3.63) is 82.1 Å². The summed E-state index contributed by atoms with van der Waals surface area (Å²) in [7, 11) is 0. The zero-order chi connectivity index (χ0) is 20.8. The number of halogens is 3. The second-order valence-electron chi connectivity index (χ2n) is 6.45. The Bertz CT molecular complexity index is 973. The largest absolute Gasteiger partial charge is 0.494 e. The number of hydrogen-bond acceptors (Lipinski definition) is 3. The number of rotatable bonds is 8. The number of nitrogens with one attached hydrogen (secondary N) is 1. The third-order valence-corrected chi connectivity index (χ3v) is 4.61. The van der Waals surface area contributed by atoms with Crippen LogP contribution in [0.25, 0.3) is 0 Å². The van der Waals surface area contributed by atoms with Crippen LogP contribution in [-0.4, -0.2) is 28.8 Å². The highest BCUT2D eigenvalue weighted by atomic mass is 35.5. The molecule has 0 saturated carbocycles. The van der Waals surface area contributed by atoms with E-state index in [4.69, 9.17) is 16.3 Å². The van der Waals surface area contributed by atoms with Gasteiger partial charge in [-0.25, -0.2) is 13.5 Å². The summed E-state index contributed by atoms with van der Waals surface area (Å²) in [6.45, 7) is 2.81. The monoisotopic (exact) mass is 419 g/mol. The zero-order valence-electron chi connectivity index (χ0n) is 15.8. The van der Waals surface area contributed by atoms with E-state index in [1.54, 1.807) is 31.2 Å². The minimum Gasteiger partial charge on any atom is -0.494 e.